The van der Waals surface area contributed by atoms with E-state index in [-0.39, 0.29) is 11.5 Å². The third-order valence-corrected chi connectivity index (χ3v) is 7.41. The molecule has 0 radical (unpaired) electrons. The second-order valence-corrected chi connectivity index (χ2v) is 10.5. The Morgan fingerprint density at radius 3 is 2.53 bits per heavy atom. The highest BCUT2D eigenvalue weighted by Gasteiger charge is 2.30. The first-order valence-corrected chi connectivity index (χ1v) is 12.1. The van der Waals surface area contributed by atoms with Gasteiger partial charge >= 0.3 is 0 Å². The first-order chi connectivity index (χ1) is 14.5. The molecule has 5 rings (SSSR count). The number of aliphatic hydroxyl groups is 1. The fourth-order valence-electron chi connectivity index (χ4n) is 3.79. The number of anilines is 1. The van der Waals surface area contributed by atoms with Crippen LogP contribution >= 0.6 is 0 Å². The number of fused-ring (bicyclic) bond motifs is 1. The normalized spacial score (nSPS) is 20.3. The number of nitrogens with zero attached hydrogens (tertiary/aromatic N) is 4. The second kappa shape index (κ2) is 7.64. The summed E-state index contributed by atoms with van der Waals surface area (Å²) < 4.78 is 25.0. The van der Waals surface area contributed by atoms with E-state index in [0.29, 0.717) is 25.0 Å². The van der Waals surface area contributed by atoms with Crippen LogP contribution in [0.15, 0.2) is 42.5 Å². The first-order valence-electron chi connectivity index (χ1n) is 10.3. The summed E-state index contributed by atoms with van der Waals surface area (Å²) in [6.45, 7) is 1.92. The Hall–Kier alpha value is -2.49. The van der Waals surface area contributed by atoms with E-state index in [1.165, 1.54) is 0 Å². The Labute approximate surface area is 175 Å². The minimum absolute atomic E-state index is 0.241. The third kappa shape index (κ3) is 4.19. The minimum Gasteiger partial charge on any atom is -0.373 e. The Kier molecular flexibility index (Phi) is 4.96. The van der Waals surface area contributed by atoms with Gasteiger partial charge in [-0.3, -0.25) is 4.90 Å². The lowest BCUT2D eigenvalue weighted by atomic mass is 10.1. The van der Waals surface area contributed by atoms with E-state index >= 15 is 0 Å². The molecule has 0 amide bonds. The smallest absolute Gasteiger partial charge is 0.245 e. The summed E-state index contributed by atoms with van der Waals surface area (Å²) in [5.74, 6) is 1.21. The van der Waals surface area contributed by atoms with Gasteiger partial charge in [0.15, 0.2) is 15.5 Å². The molecule has 158 valence electrons. The first kappa shape index (κ1) is 19.5. The van der Waals surface area contributed by atoms with E-state index in [4.69, 9.17) is 0 Å². The molecule has 1 aliphatic heterocycles. The Morgan fingerprint density at radius 2 is 1.83 bits per heavy atom. The van der Waals surface area contributed by atoms with Crippen molar-refractivity contribution in [2.75, 3.05) is 29.9 Å². The Balaban J connectivity index is 1.33. The monoisotopic (exact) mass is 427 g/mol. The molecular weight excluding hydrogens is 402 g/mol. The molecule has 9 heteroatoms. The third-order valence-electron chi connectivity index (χ3n) is 5.80. The van der Waals surface area contributed by atoms with Crippen LogP contribution in [0.4, 0.5) is 5.95 Å². The molecule has 2 aliphatic rings. The van der Waals surface area contributed by atoms with Crippen LogP contribution in [0.1, 0.15) is 18.4 Å². The van der Waals surface area contributed by atoms with Crippen molar-refractivity contribution in [1.82, 2.24) is 19.5 Å². The van der Waals surface area contributed by atoms with Gasteiger partial charge in [-0.25, -0.2) is 12.9 Å². The number of hydrogen-bond acceptors (Lipinski definition) is 7. The maximum Gasteiger partial charge on any atom is 0.245 e. The number of pyridine rings is 1. The Bertz CT molecular complexity index is 1140. The number of aromatic nitrogens is 3. The lowest BCUT2D eigenvalue weighted by molar-refractivity contribution is 0.179. The van der Waals surface area contributed by atoms with Crippen LogP contribution < -0.4 is 5.32 Å². The van der Waals surface area contributed by atoms with Gasteiger partial charge in [0, 0.05) is 31.1 Å². The maximum atomic E-state index is 11.6. The molecule has 1 saturated carbocycles. The van der Waals surface area contributed by atoms with Crippen LogP contribution in [-0.4, -0.2) is 63.8 Å². The van der Waals surface area contributed by atoms with Crippen molar-refractivity contribution >= 4 is 21.4 Å². The number of nitrogens with one attached hydrogen (secondary N) is 1. The average Bonchev–Trinajstić information content (AvgIpc) is 3.50. The molecule has 1 unspecified atom stereocenters. The van der Waals surface area contributed by atoms with Crippen molar-refractivity contribution < 1.29 is 13.5 Å². The quantitative estimate of drug-likeness (QED) is 0.578. The minimum atomic E-state index is -2.86. The number of hydrogen-bond donors (Lipinski definition) is 2. The molecule has 0 spiro atoms. The SMILES string of the molecule is O=S1(=O)CCN(Cc2ccc(-c3cccc4nc(NC(O)C5CC5)nn34)cc2)CC1. The van der Waals surface area contributed by atoms with Gasteiger partial charge < -0.3 is 10.4 Å². The zero-order valence-electron chi connectivity index (χ0n) is 16.6. The second-order valence-electron chi connectivity index (χ2n) is 8.17. The molecule has 1 aliphatic carbocycles. The highest BCUT2D eigenvalue weighted by Crippen LogP contribution is 2.32. The number of sulfone groups is 1. The molecule has 3 heterocycles. The lowest BCUT2D eigenvalue weighted by Crippen LogP contribution is -2.39. The van der Waals surface area contributed by atoms with Crippen LogP contribution in [-0.2, 0) is 16.4 Å². The predicted octanol–water partition coefficient (Wildman–Crippen LogP) is 1.77. The maximum absolute atomic E-state index is 11.6. The number of rotatable bonds is 6. The van der Waals surface area contributed by atoms with Crippen LogP contribution in [0.5, 0.6) is 0 Å². The summed E-state index contributed by atoms with van der Waals surface area (Å²) in [6, 6.07) is 14.1. The average molecular weight is 428 g/mol. The van der Waals surface area contributed by atoms with Crippen LogP contribution in [0, 0.1) is 5.92 Å². The van der Waals surface area contributed by atoms with Gasteiger partial charge in [-0.1, -0.05) is 30.3 Å². The van der Waals surface area contributed by atoms with Crippen molar-refractivity contribution in [3.05, 3.63) is 48.0 Å². The summed E-state index contributed by atoms with van der Waals surface area (Å²) in [5, 5.41) is 17.6. The van der Waals surface area contributed by atoms with Gasteiger partial charge in [0.2, 0.25) is 5.95 Å². The zero-order valence-corrected chi connectivity index (χ0v) is 17.4. The molecule has 0 bridgehead atoms. The summed E-state index contributed by atoms with van der Waals surface area (Å²) >= 11 is 0. The predicted molar refractivity (Wildman–Crippen MR) is 115 cm³/mol. The van der Waals surface area contributed by atoms with E-state index in [2.05, 4.69) is 44.6 Å². The molecular formula is C21H25N5O3S. The zero-order chi connectivity index (χ0) is 20.7. The molecule has 1 saturated heterocycles. The topological polar surface area (TPSA) is 99.8 Å². The molecule has 2 fully saturated rings. The van der Waals surface area contributed by atoms with Crippen molar-refractivity contribution in [3.63, 3.8) is 0 Å². The lowest BCUT2D eigenvalue weighted by Gasteiger charge is -2.26. The highest BCUT2D eigenvalue weighted by atomic mass is 32.2. The van der Waals surface area contributed by atoms with Crippen molar-refractivity contribution in [1.29, 1.82) is 0 Å². The van der Waals surface area contributed by atoms with Crippen LogP contribution in [0.3, 0.4) is 0 Å². The molecule has 2 N–H and O–H groups in total. The summed E-state index contributed by atoms with van der Waals surface area (Å²) in [7, 11) is -2.86. The van der Waals surface area contributed by atoms with Gasteiger partial charge in [0.05, 0.1) is 17.2 Å². The van der Waals surface area contributed by atoms with E-state index in [0.717, 1.165) is 41.9 Å². The van der Waals surface area contributed by atoms with Gasteiger partial charge in [-0.15, -0.1) is 5.10 Å². The van der Waals surface area contributed by atoms with Crippen molar-refractivity contribution in [3.8, 4) is 11.3 Å². The van der Waals surface area contributed by atoms with Gasteiger partial charge in [0.1, 0.15) is 6.23 Å². The van der Waals surface area contributed by atoms with Crippen LogP contribution in [0.25, 0.3) is 16.9 Å². The molecule has 3 aromatic rings. The van der Waals surface area contributed by atoms with Gasteiger partial charge in [0.25, 0.3) is 0 Å². The van der Waals surface area contributed by atoms with Crippen LogP contribution in [0.2, 0.25) is 0 Å². The molecule has 8 nitrogen and oxygen atoms in total. The van der Waals surface area contributed by atoms with Crippen molar-refractivity contribution in [2.24, 2.45) is 5.92 Å². The van der Waals surface area contributed by atoms with E-state index in [1.807, 2.05) is 18.2 Å². The molecule has 2 aromatic heterocycles. The molecule has 1 atom stereocenters. The Morgan fingerprint density at radius 1 is 1.10 bits per heavy atom. The molecule has 1 aromatic carbocycles. The highest BCUT2D eigenvalue weighted by molar-refractivity contribution is 7.91. The standard InChI is InChI=1S/C21H25N5O3S/c27-20(17-8-9-17)23-21-22-19-3-1-2-18(26(19)24-21)16-6-4-15(5-7-16)14-25-10-12-30(28,29)13-11-25/h1-7,17,20,27H,8-14H2,(H,23,24). The largest absolute Gasteiger partial charge is 0.373 e. The summed E-state index contributed by atoms with van der Waals surface area (Å²) in [5.41, 5.74) is 3.81. The summed E-state index contributed by atoms with van der Waals surface area (Å²) in [4.78, 5) is 6.66. The number of aliphatic hydroxyl groups excluding tert-OH is 1. The number of benzene rings is 1. The van der Waals surface area contributed by atoms with Gasteiger partial charge in [-0.2, -0.15) is 4.98 Å². The van der Waals surface area contributed by atoms with Crippen molar-refractivity contribution in [2.45, 2.75) is 25.6 Å². The summed E-state index contributed by atoms with van der Waals surface area (Å²) in [6.07, 6.45) is 1.47. The van der Waals surface area contributed by atoms with Gasteiger partial charge in [-0.05, 0) is 30.5 Å². The molecule has 30 heavy (non-hydrogen) atoms. The fourth-order valence-corrected chi connectivity index (χ4v) is 5.07. The van der Waals surface area contributed by atoms with E-state index < -0.39 is 16.1 Å². The van der Waals surface area contributed by atoms with E-state index in [1.54, 1.807) is 4.52 Å². The fraction of sp³-hybridized carbons (Fsp3) is 0.429. The van der Waals surface area contributed by atoms with E-state index in [9.17, 15) is 13.5 Å².